The van der Waals surface area contributed by atoms with Gasteiger partial charge >= 0.3 is 0 Å². The topological polar surface area (TPSA) is 73.8 Å². The zero-order chi connectivity index (χ0) is 34.6. The van der Waals surface area contributed by atoms with Gasteiger partial charge in [0.25, 0.3) is 0 Å². The molecule has 0 amide bonds. The Morgan fingerprint density at radius 2 is 1.25 bits per heavy atom. The highest BCUT2D eigenvalue weighted by atomic mass is 15.6. The van der Waals surface area contributed by atoms with Gasteiger partial charge in [-0.05, 0) is 69.1 Å². The number of aromatic nitrogens is 7. The Hall–Kier alpha value is -6.21. The summed E-state index contributed by atoms with van der Waals surface area (Å²) in [5, 5.41) is 13.9. The molecule has 51 heavy (non-hydrogen) atoms. The lowest BCUT2D eigenvalue weighted by Crippen LogP contribution is -2.39. The largest absolute Gasteiger partial charge is 0.288 e. The molecule has 0 aliphatic carbocycles. The molecular formula is C44H39N7. The fourth-order valence-electron chi connectivity index (χ4n) is 7.24. The van der Waals surface area contributed by atoms with Gasteiger partial charge in [0.05, 0.1) is 6.20 Å². The molecule has 8 rings (SSSR count). The molecule has 3 aromatic heterocycles. The van der Waals surface area contributed by atoms with Crippen molar-refractivity contribution in [1.82, 2.24) is 34.6 Å². The van der Waals surface area contributed by atoms with Crippen LogP contribution in [0.3, 0.4) is 0 Å². The van der Waals surface area contributed by atoms with Crippen molar-refractivity contribution in [1.29, 1.82) is 0 Å². The second-order valence-electron chi connectivity index (χ2n) is 13.0. The van der Waals surface area contributed by atoms with Crippen molar-refractivity contribution in [3.8, 4) is 22.5 Å². The average molecular weight is 666 g/mol. The van der Waals surface area contributed by atoms with Crippen LogP contribution < -0.4 is 0 Å². The lowest BCUT2D eigenvalue weighted by atomic mass is 9.77. The molecule has 0 bridgehead atoms. The normalized spacial score (nSPS) is 11.6. The van der Waals surface area contributed by atoms with E-state index in [2.05, 4.69) is 156 Å². The molecule has 0 N–H and O–H groups in total. The Labute approximate surface area is 298 Å². The van der Waals surface area contributed by atoms with Crippen LogP contribution in [0, 0.1) is 6.92 Å². The zero-order valence-corrected chi connectivity index (χ0v) is 28.9. The number of fused-ring (bicyclic) bond motifs is 1. The fraction of sp³-hybridized carbons (Fsp3) is 0.159. The maximum absolute atomic E-state index is 4.96. The predicted molar refractivity (Wildman–Crippen MR) is 202 cm³/mol. The van der Waals surface area contributed by atoms with E-state index in [1.165, 1.54) is 11.1 Å². The van der Waals surface area contributed by atoms with Gasteiger partial charge in [0.15, 0.2) is 5.82 Å². The Morgan fingerprint density at radius 3 is 1.86 bits per heavy atom. The van der Waals surface area contributed by atoms with Crippen molar-refractivity contribution >= 4 is 5.78 Å². The Morgan fingerprint density at radius 1 is 0.667 bits per heavy atom. The van der Waals surface area contributed by atoms with Crippen molar-refractivity contribution in [2.45, 2.75) is 45.1 Å². The van der Waals surface area contributed by atoms with Gasteiger partial charge in [-0.25, -0.2) is 14.6 Å². The maximum atomic E-state index is 4.96. The fourth-order valence-corrected chi connectivity index (χ4v) is 7.24. The van der Waals surface area contributed by atoms with Crippen LogP contribution in [0.5, 0.6) is 0 Å². The van der Waals surface area contributed by atoms with Gasteiger partial charge < -0.3 is 0 Å². The number of hydrogen-bond acceptors (Lipinski definition) is 5. The van der Waals surface area contributed by atoms with Gasteiger partial charge in [-0.3, -0.25) is 4.40 Å². The maximum Gasteiger partial charge on any atom is 0.234 e. The van der Waals surface area contributed by atoms with Gasteiger partial charge in [-0.2, -0.15) is 0 Å². The summed E-state index contributed by atoms with van der Waals surface area (Å²) >= 11 is 0. The number of hydrogen-bond donors (Lipinski definition) is 0. The van der Waals surface area contributed by atoms with Crippen molar-refractivity contribution in [3.63, 3.8) is 0 Å². The van der Waals surface area contributed by atoms with Gasteiger partial charge in [0.2, 0.25) is 5.78 Å². The molecule has 3 heterocycles. The molecule has 0 aliphatic rings. The van der Waals surface area contributed by atoms with Crippen LogP contribution in [0.1, 0.15) is 59.0 Å². The SMILES string of the molecule is CCCCc1nc2ncc(C)n2cc1Cc1ccc(-c2ccccc2-c2nnnn2C(c2ccccc2)(c2ccccc2)c2ccccc2)cc1. The molecule has 5 aromatic carbocycles. The van der Waals surface area contributed by atoms with Crippen LogP contribution in [-0.4, -0.2) is 34.6 Å². The van der Waals surface area contributed by atoms with E-state index in [1.54, 1.807) is 0 Å². The molecule has 250 valence electrons. The molecule has 0 saturated heterocycles. The van der Waals surface area contributed by atoms with E-state index >= 15 is 0 Å². The lowest BCUT2D eigenvalue weighted by molar-refractivity contribution is 0.451. The van der Waals surface area contributed by atoms with Crippen molar-refractivity contribution in [2.75, 3.05) is 0 Å². The van der Waals surface area contributed by atoms with Crippen LogP contribution in [0.2, 0.25) is 0 Å². The summed E-state index contributed by atoms with van der Waals surface area (Å²) in [6, 6.07) is 48.8. The average Bonchev–Trinajstić information content (AvgIpc) is 3.83. The van der Waals surface area contributed by atoms with Crippen LogP contribution in [0.25, 0.3) is 28.3 Å². The molecule has 7 nitrogen and oxygen atoms in total. The summed E-state index contributed by atoms with van der Waals surface area (Å²) in [7, 11) is 0. The minimum atomic E-state index is -0.836. The summed E-state index contributed by atoms with van der Waals surface area (Å²) < 4.78 is 4.10. The first-order chi connectivity index (χ1) is 25.2. The molecule has 0 saturated carbocycles. The standard InChI is InChI=1S/C44H39N7/c1-3-4-24-41-35(31-50-32(2)30-45-43(50)46-41)29-33-25-27-34(28-26-33)39-22-14-15-23-40(39)42-47-48-49-51(42)44(36-16-8-5-9-17-36,37-18-10-6-11-19-37)38-20-12-7-13-21-38/h5-23,25-28,30-31H,3-4,24,29H2,1-2H3. The number of imidazole rings is 1. The Bertz CT molecular complexity index is 2280. The molecule has 0 spiro atoms. The summed E-state index contributed by atoms with van der Waals surface area (Å²) in [5.41, 5.74) is 10.2. The van der Waals surface area contributed by atoms with Crippen molar-refractivity contribution in [3.05, 3.63) is 191 Å². The molecule has 8 aromatic rings. The third-order valence-corrected chi connectivity index (χ3v) is 9.81. The molecule has 0 fully saturated rings. The number of rotatable bonds is 11. The van der Waals surface area contributed by atoms with Crippen LogP contribution >= 0.6 is 0 Å². The quantitative estimate of drug-likeness (QED) is 0.129. The smallest absolute Gasteiger partial charge is 0.234 e. The highest BCUT2D eigenvalue weighted by molar-refractivity contribution is 5.81. The summed E-state index contributed by atoms with van der Waals surface area (Å²) in [4.78, 5) is 9.48. The van der Waals surface area contributed by atoms with Crippen LogP contribution in [0.15, 0.2) is 152 Å². The van der Waals surface area contributed by atoms with E-state index in [-0.39, 0.29) is 0 Å². The van der Waals surface area contributed by atoms with Gasteiger partial charge in [-0.15, -0.1) is 5.10 Å². The Balaban J connectivity index is 1.22. The van der Waals surface area contributed by atoms with Crippen LogP contribution in [0.4, 0.5) is 0 Å². The number of nitrogens with zero attached hydrogens (tertiary/aromatic N) is 7. The summed E-state index contributed by atoms with van der Waals surface area (Å²) in [6.45, 7) is 4.29. The first kappa shape index (κ1) is 32.0. The highest BCUT2D eigenvalue weighted by Crippen LogP contribution is 2.43. The first-order valence-electron chi connectivity index (χ1n) is 17.6. The van der Waals surface area contributed by atoms with Crippen molar-refractivity contribution < 1.29 is 0 Å². The first-order valence-corrected chi connectivity index (χ1v) is 17.6. The minimum Gasteiger partial charge on any atom is -0.288 e. The van der Waals surface area contributed by atoms with E-state index in [1.807, 2.05) is 29.1 Å². The molecule has 0 atom stereocenters. The number of aryl methyl sites for hydroxylation is 2. The van der Waals surface area contributed by atoms with Crippen molar-refractivity contribution in [2.24, 2.45) is 0 Å². The number of benzene rings is 5. The molecule has 0 unspecified atom stereocenters. The van der Waals surface area contributed by atoms with E-state index in [9.17, 15) is 0 Å². The monoisotopic (exact) mass is 665 g/mol. The Kier molecular flexibility index (Phi) is 8.76. The number of unbranched alkanes of at least 4 members (excludes halogenated alkanes) is 1. The summed E-state index contributed by atoms with van der Waals surface area (Å²) in [5.74, 6) is 1.45. The summed E-state index contributed by atoms with van der Waals surface area (Å²) in [6.07, 6.45) is 8.09. The minimum absolute atomic E-state index is 0.682. The van der Waals surface area contributed by atoms with Crippen LogP contribution in [-0.2, 0) is 18.4 Å². The number of tetrazole rings is 1. The molecule has 0 aliphatic heterocycles. The second-order valence-corrected chi connectivity index (χ2v) is 13.0. The van der Waals surface area contributed by atoms with E-state index in [0.29, 0.717) is 5.82 Å². The predicted octanol–water partition coefficient (Wildman–Crippen LogP) is 9.13. The highest BCUT2D eigenvalue weighted by Gasteiger charge is 2.42. The third kappa shape index (κ3) is 5.91. The van der Waals surface area contributed by atoms with E-state index in [0.717, 1.165) is 76.2 Å². The second kappa shape index (κ2) is 14.0. The van der Waals surface area contributed by atoms with Gasteiger partial charge in [0.1, 0.15) is 5.54 Å². The van der Waals surface area contributed by atoms with Gasteiger partial charge in [-0.1, -0.05) is 153 Å². The molecule has 7 heteroatoms. The van der Waals surface area contributed by atoms with E-state index < -0.39 is 5.54 Å². The van der Waals surface area contributed by atoms with Gasteiger partial charge in [0, 0.05) is 29.6 Å². The molecule has 0 radical (unpaired) electrons. The van der Waals surface area contributed by atoms with E-state index in [4.69, 9.17) is 15.3 Å². The zero-order valence-electron chi connectivity index (χ0n) is 28.9. The third-order valence-electron chi connectivity index (χ3n) is 9.81. The lowest BCUT2D eigenvalue weighted by Gasteiger charge is -2.36. The molecular weight excluding hydrogens is 627 g/mol.